The minimum atomic E-state index is -0.0249. The standard InChI is InChI=1S/C38H65NO4/c1-26(24-40)27-13-18-38(25-43-32-10-8-9-22-42-32)20-19-36(5)28(33(27)38)11-12-30-35(4)16-15-31(39-21-23-41-7)34(2,3)29(35)14-17-37(30,36)6/h27-33,39-40H,1,8-25H2,2-7H3/t27-,28+,29-,30+,31?,32?,33+,35-,36+,37+,38+/m0/s1. The summed E-state index contributed by atoms with van der Waals surface area (Å²) in [5.74, 6) is 3.20. The van der Waals surface area contributed by atoms with E-state index in [2.05, 4.69) is 46.5 Å². The molecule has 0 aromatic carbocycles. The van der Waals surface area contributed by atoms with Crippen molar-refractivity contribution >= 4 is 0 Å². The quantitative estimate of drug-likeness (QED) is 0.210. The van der Waals surface area contributed by atoms with Crippen LogP contribution in [0.4, 0.5) is 0 Å². The van der Waals surface area contributed by atoms with Crippen LogP contribution in [0.15, 0.2) is 12.2 Å². The summed E-state index contributed by atoms with van der Waals surface area (Å²) >= 11 is 0. The van der Waals surface area contributed by atoms with Gasteiger partial charge in [0.15, 0.2) is 6.29 Å². The summed E-state index contributed by atoms with van der Waals surface area (Å²) in [6, 6.07) is 0.573. The molecule has 6 rings (SSSR count). The van der Waals surface area contributed by atoms with Gasteiger partial charge in [-0.05, 0) is 146 Å². The maximum absolute atomic E-state index is 10.3. The summed E-state index contributed by atoms with van der Waals surface area (Å²) in [7, 11) is 1.81. The van der Waals surface area contributed by atoms with Gasteiger partial charge in [0, 0.05) is 26.3 Å². The molecule has 5 heteroatoms. The average molecular weight is 600 g/mol. The van der Waals surface area contributed by atoms with E-state index in [1.54, 1.807) is 0 Å². The third-order valence-corrected chi connectivity index (χ3v) is 15.8. The Hall–Kier alpha value is -0.460. The van der Waals surface area contributed by atoms with Gasteiger partial charge in [-0.3, -0.25) is 0 Å². The van der Waals surface area contributed by atoms with Gasteiger partial charge in [0.25, 0.3) is 0 Å². The molecule has 0 radical (unpaired) electrons. The molecular formula is C38H65NO4. The number of nitrogens with one attached hydrogen (secondary N) is 1. The predicted molar refractivity (Wildman–Crippen MR) is 174 cm³/mol. The smallest absolute Gasteiger partial charge is 0.157 e. The van der Waals surface area contributed by atoms with Crippen molar-refractivity contribution < 1.29 is 19.3 Å². The Morgan fingerprint density at radius 1 is 0.884 bits per heavy atom. The van der Waals surface area contributed by atoms with E-state index in [-0.39, 0.29) is 23.7 Å². The van der Waals surface area contributed by atoms with Crippen molar-refractivity contribution in [1.29, 1.82) is 0 Å². The second kappa shape index (κ2) is 12.0. The van der Waals surface area contributed by atoms with Crippen LogP contribution in [0.3, 0.4) is 0 Å². The minimum absolute atomic E-state index is 0.0249. The van der Waals surface area contributed by atoms with Crippen molar-refractivity contribution in [1.82, 2.24) is 5.32 Å². The number of rotatable bonds is 9. The molecule has 0 aromatic heterocycles. The Morgan fingerprint density at radius 2 is 1.70 bits per heavy atom. The van der Waals surface area contributed by atoms with Crippen molar-refractivity contribution in [3.05, 3.63) is 12.2 Å². The average Bonchev–Trinajstić information content (AvgIpc) is 3.37. The van der Waals surface area contributed by atoms with E-state index in [1.807, 2.05) is 7.11 Å². The molecule has 11 atom stereocenters. The molecule has 0 bridgehead atoms. The van der Waals surface area contributed by atoms with Crippen LogP contribution in [0.5, 0.6) is 0 Å². The highest BCUT2D eigenvalue weighted by atomic mass is 16.7. The van der Waals surface area contributed by atoms with Crippen LogP contribution in [0, 0.1) is 56.7 Å². The molecule has 1 saturated heterocycles. The summed E-state index contributed by atoms with van der Waals surface area (Å²) in [5, 5.41) is 14.2. The van der Waals surface area contributed by atoms with E-state index in [4.69, 9.17) is 14.2 Å². The first kappa shape index (κ1) is 32.5. The van der Waals surface area contributed by atoms with Crippen LogP contribution in [-0.2, 0) is 14.2 Å². The fraction of sp³-hybridized carbons (Fsp3) is 0.947. The van der Waals surface area contributed by atoms with Crippen molar-refractivity contribution in [2.75, 3.05) is 40.1 Å². The zero-order chi connectivity index (χ0) is 30.7. The van der Waals surface area contributed by atoms with Gasteiger partial charge in [-0.2, -0.15) is 0 Å². The lowest BCUT2D eigenvalue weighted by Gasteiger charge is -2.73. The summed E-state index contributed by atoms with van der Waals surface area (Å²) in [6.45, 7) is 21.3. The van der Waals surface area contributed by atoms with Gasteiger partial charge in [0.1, 0.15) is 0 Å². The Kier molecular flexibility index (Phi) is 9.04. The second-order valence-electron chi connectivity index (χ2n) is 17.5. The predicted octanol–water partition coefficient (Wildman–Crippen LogP) is 7.76. The first-order valence-corrected chi connectivity index (χ1v) is 18.2. The van der Waals surface area contributed by atoms with E-state index in [9.17, 15) is 5.11 Å². The molecule has 1 aliphatic heterocycles. The maximum Gasteiger partial charge on any atom is 0.157 e. The first-order valence-electron chi connectivity index (χ1n) is 18.2. The van der Waals surface area contributed by atoms with Crippen LogP contribution in [0.2, 0.25) is 0 Å². The third-order valence-electron chi connectivity index (χ3n) is 15.8. The number of methoxy groups -OCH3 is 1. The topological polar surface area (TPSA) is 60.0 Å². The van der Waals surface area contributed by atoms with E-state index in [1.165, 1.54) is 64.2 Å². The highest BCUT2D eigenvalue weighted by Gasteiger charge is 2.71. The fourth-order valence-corrected chi connectivity index (χ4v) is 13.4. The van der Waals surface area contributed by atoms with Gasteiger partial charge in [-0.1, -0.05) is 41.2 Å². The monoisotopic (exact) mass is 599 g/mol. The van der Waals surface area contributed by atoms with Crippen molar-refractivity contribution in [2.24, 2.45) is 56.7 Å². The maximum atomic E-state index is 10.3. The highest BCUT2D eigenvalue weighted by molar-refractivity contribution is 5.22. The Labute approximate surface area is 263 Å². The summed E-state index contributed by atoms with van der Waals surface area (Å²) in [6.07, 6.45) is 16.4. The number of aliphatic hydroxyl groups is 1. The summed E-state index contributed by atoms with van der Waals surface area (Å²) in [4.78, 5) is 0. The van der Waals surface area contributed by atoms with Gasteiger partial charge in [0.05, 0.1) is 19.8 Å². The van der Waals surface area contributed by atoms with Gasteiger partial charge in [-0.15, -0.1) is 0 Å². The van der Waals surface area contributed by atoms with Crippen LogP contribution in [-0.4, -0.2) is 57.5 Å². The summed E-state index contributed by atoms with van der Waals surface area (Å²) < 4.78 is 18.1. The molecule has 6 fully saturated rings. The lowest BCUT2D eigenvalue weighted by atomic mass is 9.32. The molecule has 0 amide bonds. The number of hydrogen-bond acceptors (Lipinski definition) is 5. The highest BCUT2D eigenvalue weighted by Crippen LogP contribution is 2.77. The Bertz CT molecular complexity index is 1010. The van der Waals surface area contributed by atoms with E-state index in [0.29, 0.717) is 40.0 Å². The normalized spacial score (nSPS) is 49.0. The van der Waals surface area contributed by atoms with Gasteiger partial charge in [0.2, 0.25) is 0 Å². The minimum Gasteiger partial charge on any atom is -0.392 e. The lowest BCUT2D eigenvalue weighted by Crippen LogP contribution is -2.67. The van der Waals surface area contributed by atoms with E-state index in [0.717, 1.165) is 63.0 Å². The second-order valence-corrected chi connectivity index (χ2v) is 17.5. The Balaban J connectivity index is 1.28. The molecule has 5 nitrogen and oxygen atoms in total. The number of fused-ring (bicyclic) bond motifs is 7. The molecule has 5 saturated carbocycles. The molecule has 2 N–H and O–H groups in total. The van der Waals surface area contributed by atoms with Crippen LogP contribution in [0.25, 0.3) is 0 Å². The molecule has 246 valence electrons. The molecule has 2 unspecified atom stereocenters. The van der Waals surface area contributed by atoms with Gasteiger partial charge >= 0.3 is 0 Å². The molecule has 0 aromatic rings. The van der Waals surface area contributed by atoms with E-state index >= 15 is 0 Å². The zero-order valence-electron chi connectivity index (χ0n) is 28.6. The lowest BCUT2D eigenvalue weighted by molar-refractivity contribution is -0.250. The molecule has 43 heavy (non-hydrogen) atoms. The van der Waals surface area contributed by atoms with Crippen molar-refractivity contribution in [3.63, 3.8) is 0 Å². The first-order chi connectivity index (χ1) is 20.5. The fourth-order valence-electron chi connectivity index (χ4n) is 13.4. The number of aliphatic hydroxyl groups excluding tert-OH is 1. The zero-order valence-corrected chi connectivity index (χ0v) is 28.6. The van der Waals surface area contributed by atoms with Gasteiger partial charge < -0.3 is 24.6 Å². The van der Waals surface area contributed by atoms with Crippen LogP contribution >= 0.6 is 0 Å². The number of ether oxygens (including phenoxy) is 3. The molecule has 6 aliphatic rings. The van der Waals surface area contributed by atoms with E-state index < -0.39 is 0 Å². The largest absolute Gasteiger partial charge is 0.392 e. The van der Waals surface area contributed by atoms with Gasteiger partial charge in [-0.25, -0.2) is 0 Å². The molecule has 1 heterocycles. The SMILES string of the molecule is C=C(CO)[C@@H]1CC[C@]2(COC3CCCCO3)CC[C@]3(C)[C@H](CC[C@@H]4[C@@]5(C)CCC(NCCOC)C(C)(C)[C@@H]5CC[C@]43C)[C@@H]12. The molecule has 5 aliphatic carbocycles. The Morgan fingerprint density at radius 3 is 2.42 bits per heavy atom. The van der Waals surface area contributed by atoms with Crippen LogP contribution in [0.1, 0.15) is 118 Å². The molecule has 0 spiro atoms. The summed E-state index contributed by atoms with van der Waals surface area (Å²) in [5.41, 5.74) is 2.62. The van der Waals surface area contributed by atoms with Crippen molar-refractivity contribution in [3.8, 4) is 0 Å². The van der Waals surface area contributed by atoms with Crippen molar-refractivity contribution in [2.45, 2.75) is 130 Å². The molecular weight excluding hydrogens is 534 g/mol. The third kappa shape index (κ3) is 5.04. The number of hydrogen-bond donors (Lipinski definition) is 2. The van der Waals surface area contributed by atoms with Crippen LogP contribution < -0.4 is 5.32 Å².